The number of hydrogen-bond donors (Lipinski definition) is 1. The first-order chi connectivity index (χ1) is 20.2. The van der Waals surface area contributed by atoms with Crippen LogP contribution in [0.5, 0.6) is 0 Å². The number of anilines is 1. The Bertz CT molecular complexity index is 1440. The fraction of sp³-hybridized carbons (Fsp3) is 0.571. The average molecular weight is 569 g/mol. The van der Waals surface area contributed by atoms with Gasteiger partial charge in [0.05, 0.1) is 23.3 Å². The third-order valence-electron chi connectivity index (χ3n) is 9.65. The van der Waals surface area contributed by atoms with E-state index in [9.17, 15) is 4.79 Å². The molecule has 3 fully saturated rings. The topological polar surface area (TPSA) is 65.8 Å². The molecule has 2 saturated carbocycles. The summed E-state index contributed by atoms with van der Waals surface area (Å²) in [6.45, 7) is 9.47. The van der Waals surface area contributed by atoms with Crippen molar-refractivity contribution in [1.82, 2.24) is 20.0 Å². The van der Waals surface area contributed by atoms with Crippen LogP contribution in [0.2, 0.25) is 0 Å². The molecule has 7 heteroatoms. The van der Waals surface area contributed by atoms with Gasteiger partial charge in [0.25, 0.3) is 5.91 Å². The number of amidine groups is 1. The molecule has 1 aromatic heterocycles. The summed E-state index contributed by atoms with van der Waals surface area (Å²) < 4.78 is 2.28. The molecule has 6 rings (SSSR count). The number of piperidine rings is 1. The van der Waals surface area contributed by atoms with Crippen molar-refractivity contribution in [3.63, 3.8) is 0 Å². The van der Waals surface area contributed by atoms with Gasteiger partial charge < -0.3 is 10.2 Å². The van der Waals surface area contributed by atoms with Crippen molar-refractivity contribution in [2.45, 2.75) is 90.8 Å². The number of aromatic nitrogens is 2. The molecule has 4 aliphatic rings. The quantitative estimate of drug-likeness (QED) is 0.510. The Balaban J connectivity index is 1.24. The molecule has 42 heavy (non-hydrogen) atoms. The van der Waals surface area contributed by atoms with E-state index in [4.69, 9.17) is 10.1 Å². The lowest BCUT2D eigenvalue weighted by Crippen LogP contribution is -2.40. The summed E-state index contributed by atoms with van der Waals surface area (Å²) in [7, 11) is 2.19. The molecule has 2 aliphatic heterocycles. The van der Waals surface area contributed by atoms with Crippen LogP contribution in [0.1, 0.15) is 83.7 Å². The van der Waals surface area contributed by atoms with E-state index in [0.717, 1.165) is 54.6 Å². The van der Waals surface area contributed by atoms with Gasteiger partial charge in [0, 0.05) is 36.5 Å². The molecule has 2 aromatic rings. The highest BCUT2D eigenvalue weighted by Gasteiger charge is 2.41. The van der Waals surface area contributed by atoms with E-state index in [1.807, 2.05) is 18.5 Å². The molecular weight excluding hydrogens is 520 g/mol. The van der Waals surface area contributed by atoms with E-state index in [-0.39, 0.29) is 11.3 Å². The van der Waals surface area contributed by atoms with Crippen LogP contribution in [0.4, 0.5) is 5.69 Å². The van der Waals surface area contributed by atoms with Crippen molar-refractivity contribution in [2.24, 2.45) is 22.2 Å². The number of carbonyl (C=O) groups excluding carboxylic acids is 1. The number of aliphatic imine (C=N–C) groups is 1. The van der Waals surface area contributed by atoms with Crippen molar-refractivity contribution >= 4 is 29.7 Å². The number of carbonyl (C=O) groups is 1. The van der Waals surface area contributed by atoms with Crippen LogP contribution >= 0.6 is 0 Å². The van der Waals surface area contributed by atoms with E-state index in [1.165, 1.54) is 49.4 Å². The standard InChI is InChI=1S/C35H48N6O/c1-35(2,3)17-14-34(42)40(30-12-9-25(10-13-30)22-36-29-15-18-39(4)19-16-29)33-7-5-6-31-28(23-37-33)24-38-41(31)32-21-26-8-11-27(32)20-26/h6,9-10,12-14,17,23-24,26-27,29,32,36H,5,7-8,11,15-16,18-22H2,1-4H3/b17-14-,28-23-,31-6-,37-33?/t26-,27?,32?/m1/s1. The molecule has 1 N–H and O–H groups in total. The number of allylic oxidation sites excluding steroid dienone is 1. The first kappa shape index (κ1) is 29.1. The van der Waals surface area contributed by atoms with Gasteiger partial charge in [-0.1, -0.05) is 51.5 Å². The Hall–Kier alpha value is -3.03. The van der Waals surface area contributed by atoms with Gasteiger partial charge in [-0.3, -0.25) is 14.4 Å². The van der Waals surface area contributed by atoms with Crippen LogP contribution in [0.15, 0.2) is 47.6 Å². The molecule has 0 radical (unpaired) electrons. The Labute approximate surface area is 251 Å². The van der Waals surface area contributed by atoms with Gasteiger partial charge in [-0.25, -0.2) is 4.99 Å². The fourth-order valence-corrected chi connectivity index (χ4v) is 7.22. The van der Waals surface area contributed by atoms with E-state index in [1.54, 1.807) is 11.0 Å². The summed E-state index contributed by atoms with van der Waals surface area (Å²) in [5.41, 5.74) is 2.00. The lowest BCUT2D eigenvalue weighted by Gasteiger charge is -2.29. The zero-order chi connectivity index (χ0) is 29.3. The largest absolute Gasteiger partial charge is 0.310 e. The maximum atomic E-state index is 13.7. The van der Waals surface area contributed by atoms with Gasteiger partial charge in [-0.15, -0.1) is 0 Å². The third-order valence-corrected chi connectivity index (χ3v) is 9.65. The SMILES string of the molecule is CN1CCC(NCc2ccc(N(C(=O)/C=C\C(C)(C)C)C3=N/C=c4/cnn(C5C[C@@H]6CCC5C6)/c4=C\CC3)cc2)CC1. The molecular formula is C35H48N6O. The molecule has 1 aromatic carbocycles. The van der Waals surface area contributed by atoms with Crippen molar-refractivity contribution < 1.29 is 4.79 Å². The number of likely N-dealkylation sites (tertiary alicyclic amines) is 1. The normalized spacial score (nSPS) is 26.6. The van der Waals surface area contributed by atoms with E-state index >= 15 is 0 Å². The fourth-order valence-electron chi connectivity index (χ4n) is 7.22. The summed E-state index contributed by atoms with van der Waals surface area (Å²) in [6, 6.07) is 9.50. The van der Waals surface area contributed by atoms with E-state index < -0.39 is 0 Å². The minimum absolute atomic E-state index is 0.0623. The van der Waals surface area contributed by atoms with Crippen molar-refractivity contribution in [3.8, 4) is 0 Å². The van der Waals surface area contributed by atoms with Crippen LogP contribution in [-0.2, 0) is 11.3 Å². The van der Waals surface area contributed by atoms with Crippen LogP contribution < -0.4 is 20.8 Å². The van der Waals surface area contributed by atoms with Crippen molar-refractivity contribution in [1.29, 1.82) is 0 Å². The van der Waals surface area contributed by atoms with Crippen LogP contribution in [0, 0.1) is 17.3 Å². The Morgan fingerprint density at radius 3 is 2.57 bits per heavy atom. The number of benzene rings is 1. The Kier molecular flexibility index (Phi) is 8.51. The van der Waals surface area contributed by atoms with Gasteiger partial charge >= 0.3 is 0 Å². The van der Waals surface area contributed by atoms with E-state index in [0.29, 0.717) is 18.5 Å². The molecule has 1 amide bonds. The minimum Gasteiger partial charge on any atom is -0.310 e. The highest BCUT2D eigenvalue weighted by atomic mass is 16.2. The second-order valence-electron chi connectivity index (χ2n) is 14.1. The van der Waals surface area contributed by atoms with Gasteiger partial charge in [0.15, 0.2) is 0 Å². The second kappa shape index (κ2) is 12.3. The molecule has 2 bridgehead atoms. The Morgan fingerprint density at radius 2 is 1.88 bits per heavy atom. The second-order valence-corrected chi connectivity index (χ2v) is 14.1. The molecule has 1 saturated heterocycles. The predicted molar refractivity (Wildman–Crippen MR) is 171 cm³/mol. The summed E-state index contributed by atoms with van der Waals surface area (Å²) in [6.07, 6.45) is 19.1. The molecule has 7 nitrogen and oxygen atoms in total. The summed E-state index contributed by atoms with van der Waals surface area (Å²) >= 11 is 0. The number of hydrogen-bond acceptors (Lipinski definition) is 5. The first-order valence-corrected chi connectivity index (χ1v) is 16.1. The number of fused-ring (bicyclic) bond motifs is 3. The Morgan fingerprint density at radius 1 is 1.10 bits per heavy atom. The highest BCUT2D eigenvalue weighted by molar-refractivity contribution is 6.21. The minimum atomic E-state index is -0.0867. The lowest BCUT2D eigenvalue weighted by atomic mass is 9.95. The van der Waals surface area contributed by atoms with Gasteiger partial charge in [-0.2, -0.15) is 5.10 Å². The predicted octanol–water partition coefficient (Wildman–Crippen LogP) is 4.77. The van der Waals surface area contributed by atoms with Crippen molar-refractivity contribution in [3.05, 3.63) is 58.7 Å². The van der Waals surface area contributed by atoms with Gasteiger partial charge in [-0.05, 0) is 93.6 Å². The van der Waals surface area contributed by atoms with E-state index in [2.05, 4.69) is 73.1 Å². The molecule has 0 spiro atoms. The smallest absolute Gasteiger partial charge is 0.256 e. The zero-order valence-electron chi connectivity index (χ0n) is 25.9. The monoisotopic (exact) mass is 568 g/mol. The average Bonchev–Trinajstić information content (AvgIpc) is 3.69. The van der Waals surface area contributed by atoms with Crippen LogP contribution in [-0.4, -0.2) is 52.6 Å². The summed E-state index contributed by atoms with van der Waals surface area (Å²) in [5, 5.41) is 10.8. The van der Waals surface area contributed by atoms with Gasteiger partial charge in [0.2, 0.25) is 0 Å². The van der Waals surface area contributed by atoms with Crippen LogP contribution in [0.25, 0.3) is 12.3 Å². The first-order valence-electron chi connectivity index (χ1n) is 16.1. The molecule has 2 aliphatic carbocycles. The zero-order valence-corrected chi connectivity index (χ0v) is 25.9. The lowest BCUT2D eigenvalue weighted by molar-refractivity contribution is -0.113. The molecule has 3 heterocycles. The molecule has 224 valence electrons. The number of rotatable bonds is 6. The maximum absolute atomic E-state index is 13.7. The van der Waals surface area contributed by atoms with Gasteiger partial charge in [0.1, 0.15) is 5.84 Å². The maximum Gasteiger partial charge on any atom is 0.256 e. The summed E-state index contributed by atoms with van der Waals surface area (Å²) in [5.74, 6) is 2.35. The number of amides is 1. The summed E-state index contributed by atoms with van der Waals surface area (Å²) in [4.78, 5) is 22.9. The van der Waals surface area contributed by atoms with Crippen molar-refractivity contribution in [2.75, 3.05) is 25.0 Å². The number of nitrogens with zero attached hydrogens (tertiary/aromatic N) is 5. The molecule has 3 atom stereocenters. The highest BCUT2D eigenvalue weighted by Crippen LogP contribution is 2.49. The third kappa shape index (κ3) is 6.63. The number of nitrogens with one attached hydrogen (secondary N) is 1. The van der Waals surface area contributed by atoms with Crippen LogP contribution in [0.3, 0.4) is 0 Å². The molecule has 2 unspecified atom stereocenters.